The Morgan fingerprint density at radius 3 is 2.54 bits per heavy atom. The molecule has 2 aromatic rings. The van der Waals surface area contributed by atoms with Crippen molar-refractivity contribution in [1.29, 1.82) is 0 Å². The van der Waals surface area contributed by atoms with Crippen LogP contribution in [0.3, 0.4) is 0 Å². The second-order valence-corrected chi connectivity index (χ2v) is 8.75. The fourth-order valence-electron chi connectivity index (χ4n) is 4.04. The highest BCUT2D eigenvalue weighted by atomic mass is 16.5. The molecule has 0 fully saturated rings. The van der Waals surface area contributed by atoms with E-state index in [4.69, 9.17) is 4.74 Å². The maximum absolute atomic E-state index is 12.9. The van der Waals surface area contributed by atoms with E-state index < -0.39 is 23.4 Å². The SMILES string of the molecule is C=CCOC(=O)[C@H]1[C@@H](c2ccc(C(C)(C)C)cc2)c2c([nH][nH]c2=O)C[C@]1(C)O. The Balaban J connectivity index is 2.14. The molecule has 3 atom stereocenters. The highest BCUT2D eigenvalue weighted by Gasteiger charge is 2.51. The summed E-state index contributed by atoms with van der Waals surface area (Å²) in [5.41, 5.74) is 1.37. The molecular weight excluding hydrogens is 356 g/mol. The number of aromatic amines is 2. The van der Waals surface area contributed by atoms with E-state index in [2.05, 4.69) is 37.5 Å². The van der Waals surface area contributed by atoms with Crippen molar-refractivity contribution >= 4 is 5.97 Å². The molecule has 150 valence electrons. The summed E-state index contributed by atoms with van der Waals surface area (Å²) in [6, 6.07) is 7.86. The molecule has 1 aliphatic carbocycles. The van der Waals surface area contributed by atoms with Gasteiger partial charge in [-0.05, 0) is 23.5 Å². The summed E-state index contributed by atoms with van der Waals surface area (Å²) in [4.78, 5) is 25.4. The number of aliphatic hydroxyl groups is 1. The van der Waals surface area contributed by atoms with E-state index >= 15 is 0 Å². The van der Waals surface area contributed by atoms with E-state index in [1.54, 1.807) is 6.92 Å². The van der Waals surface area contributed by atoms with Crippen LogP contribution in [0.4, 0.5) is 0 Å². The molecule has 0 amide bonds. The number of ether oxygens (including phenoxy) is 1. The lowest BCUT2D eigenvalue weighted by Crippen LogP contribution is -2.50. The van der Waals surface area contributed by atoms with E-state index in [-0.39, 0.29) is 24.0 Å². The lowest BCUT2D eigenvalue weighted by molar-refractivity contribution is -0.158. The molecule has 6 heteroatoms. The zero-order chi connectivity index (χ0) is 20.7. The van der Waals surface area contributed by atoms with Crippen LogP contribution in [0, 0.1) is 5.92 Å². The zero-order valence-corrected chi connectivity index (χ0v) is 16.8. The molecule has 1 aliphatic rings. The van der Waals surface area contributed by atoms with Crippen molar-refractivity contribution in [3.8, 4) is 0 Å². The predicted octanol–water partition coefficient (Wildman–Crippen LogP) is 2.78. The van der Waals surface area contributed by atoms with Crippen LogP contribution in [0.25, 0.3) is 0 Å². The summed E-state index contributed by atoms with van der Waals surface area (Å²) in [6.45, 7) is 11.6. The lowest BCUT2D eigenvalue weighted by atomic mass is 9.66. The van der Waals surface area contributed by atoms with Gasteiger partial charge in [0.2, 0.25) is 0 Å². The fourth-order valence-corrected chi connectivity index (χ4v) is 4.04. The third kappa shape index (κ3) is 3.56. The number of rotatable bonds is 4. The van der Waals surface area contributed by atoms with Crippen LogP contribution >= 0.6 is 0 Å². The number of carbonyl (C=O) groups excluding carboxylic acids is 1. The van der Waals surface area contributed by atoms with Crippen LogP contribution in [0.15, 0.2) is 41.7 Å². The molecule has 6 nitrogen and oxygen atoms in total. The summed E-state index contributed by atoms with van der Waals surface area (Å²) >= 11 is 0. The Labute approximate surface area is 164 Å². The molecule has 1 aromatic heterocycles. The minimum absolute atomic E-state index is 0.0183. The Morgan fingerprint density at radius 1 is 1.32 bits per heavy atom. The monoisotopic (exact) mass is 384 g/mol. The van der Waals surface area contributed by atoms with Crippen molar-refractivity contribution in [3.05, 3.63) is 69.7 Å². The number of fused-ring (bicyclic) bond motifs is 1. The maximum Gasteiger partial charge on any atom is 0.313 e. The van der Waals surface area contributed by atoms with Crippen LogP contribution in [0.1, 0.15) is 56.0 Å². The Bertz CT molecular complexity index is 929. The highest BCUT2D eigenvalue weighted by Crippen LogP contribution is 2.44. The molecule has 0 radical (unpaired) electrons. The van der Waals surface area contributed by atoms with Gasteiger partial charge in [0.25, 0.3) is 5.56 Å². The highest BCUT2D eigenvalue weighted by molar-refractivity contribution is 5.77. The number of hydrogen-bond donors (Lipinski definition) is 3. The quantitative estimate of drug-likeness (QED) is 0.558. The van der Waals surface area contributed by atoms with Crippen LogP contribution in [-0.2, 0) is 21.4 Å². The molecule has 0 saturated carbocycles. The van der Waals surface area contributed by atoms with E-state index in [1.165, 1.54) is 6.08 Å². The smallest absolute Gasteiger partial charge is 0.313 e. The summed E-state index contributed by atoms with van der Waals surface area (Å²) < 4.78 is 5.29. The van der Waals surface area contributed by atoms with E-state index in [9.17, 15) is 14.7 Å². The second kappa shape index (κ2) is 7.09. The fraction of sp³-hybridized carbons (Fsp3) is 0.455. The van der Waals surface area contributed by atoms with Crippen molar-refractivity contribution in [2.24, 2.45) is 5.92 Å². The van der Waals surface area contributed by atoms with Crippen molar-refractivity contribution in [1.82, 2.24) is 10.2 Å². The summed E-state index contributed by atoms with van der Waals surface area (Å²) in [5.74, 6) is -2.06. The summed E-state index contributed by atoms with van der Waals surface area (Å²) in [6.07, 6.45) is 1.64. The van der Waals surface area contributed by atoms with Gasteiger partial charge in [-0.2, -0.15) is 0 Å². The number of aromatic nitrogens is 2. The first-order valence-corrected chi connectivity index (χ1v) is 9.46. The third-order valence-electron chi connectivity index (χ3n) is 5.48. The number of nitrogens with one attached hydrogen (secondary N) is 2. The van der Waals surface area contributed by atoms with Gasteiger partial charge in [-0.25, -0.2) is 0 Å². The Kier molecular flexibility index (Phi) is 5.10. The lowest BCUT2D eigenvalue weighted by Gasteiger charge is -2.40. The van der Waals surface area contributed by atoms with Gasteiger partial charge in [0.05, 0.1) is 11.5 Å². The van der Waals surface area contributed by atoms with E-state index in [0.29, 0.717) is 11.3 Å². The van der Waals surface area contributed by atoms with Gasteiger partial charge in [-0.1, -0.05) is 57.7 Å². The molecule has 1 heterocycles. The molecule has 3 N–H and O–H groups in total. The number of H-pyrrole nitrogens is 2. The van der Waals surface area contributed by atoms with Gasteiger partial charge >= 0.3 is 5.97 Å². The van der Waals surface area contributed by atoms with Gasteiger partial charge < -0.3 is 14.9 Å². The average molecular weight is 384 g/mol. The molecule has 3 rings (SSSR count). The van der Waals surface area contributed by atoms with Crippen molar-refractivity contribution in [2.45, 2.75) is 51.0 Å². The van der Waals surface area contributed by atoms with Crippen LogP contribution in [-0.4, -0.2) is 33.5 Å². The van der Waals surface area contributed by atoms with Crippen molar-refractivity contribution < 1.29 is 14.6 Å². The first-order chi connectivity index (χ1) is 13.1. The molecule has 1 aromatic carbocycles. The molecule has 0 saturated heterocycles. The first kappa shape index (κ1) is 20.1. The number of esters is 1. The predicted molar refractivity (Wildman–Crippen MR) is 107 cm³/mol. The normalized spacial score (nSPS) is 24.5. The standard InChI is InChI=1S/C22H28N2O4/c1-6-11-28-20(26)18-16(13-7-9-14(10-8-13)21(2,3)4)17-15(12-22(18,5)27)23-24-19(17)25/h6-10,16,18,27H,1,11-12H2,2-5H3,(H2,23,24,25)/t16-,18+,22-/m0/s1. The molecule has 0 bridgehead atoms. The van der Waals surface area contributed by atoms with Gasteiger partial charge in [0.15, 0.2) is 0 Å². The first-order valence-electron chi connectivity index (χ1n) is 9.46. The largest absolute Gasteiger partial charge is 0.461 e. The second-order valence-electron chi connectivity index (χ2n) is 8.75. The Hall–Kier alpha value is -2.60. The molecule has 28 heavy (non-hydrogen) atoms. The van der Waals surface area contributed by atoms with E-state index in [0.717, 1.165) is 11.1 Å². The van der Waals surface area contributed by atoms with Gasteiger partial charge in [0, 0.05) is 23.6 Å². The van der Waals surface area contributed by atoms with E-state index in [1.807, 2.05) is 24.3 Å². The molecule has 0 unspecified atom stereocenters. The topological polar surface area (TPSA) is 95.2 Å². The average Bonchev–Trinajstić information content (AvgIpc) is 2.97. The maximum atomic E-state index is 12.9. The molecular formula is C22H28N2O4. The number of hydrogen-bond acceptors (Lipinski definition) is 4. The zero-order valence-electron chi connectivity index (χ0n) is 16.8. The minimum Gasteiger partial charge on any atom is -0.461 e. The van der Waals surface area contributed by atoms with Gasteiger partial charge in [-0.15, -0.1) is 0 Å². The molecule has 0 aliphatic heterocycles. The van der Waals surface area contributed by atoms with Crippen LogP contribution in [0.2, 0.25) is 0 Å². The summed E-state index contributed by atoms with van der Waals surface area (Å²) in [5, 5.41) is 16.6. The Morgan fingerprint density at radius 2 is 1.96 bits per heavy atom. The third-order valence-corrected chi connectivity index (χ3v) is 5.48. The number of benzene rings is 1. The minimum atomic E-state index is -1.37. The number of carbonyl (C=O) groups is 1. The molecule has 0 spiro atoms. The summed E-state index contributed by atoms with van der Waals surface area (Å²) in [7, 11) is 0. The van der Waals surface area contributed by atoms with Crippen molar-refractivity contribution in [2.75, 3.05) is 6.61 Å². The van der Waals surface area contributed by atoms with Crippen LogP contribution < -0.4 is 5.56 Å². The van der Waals surface area contributed by atoms with Crippen LogP contribution in [0.5, 0.6) is 0 Å². The van der Waals surface area contributed by atoms with Gasteiger partial charge in [0.1, 0.15) is 6.61 Å². The van der Waals surface area contributed by atoms with Crippen molar-refractivity contribution in [3.63, 3.8) is 0 Å². The van der Waals surface area contributed by atoms with Gasteiger partial charge in [-0.3, -0.25) is 14.7 Å².